The maximum absolute atomic E-state index is 5.66. The molecule has 1 aliphatic heterocycles. The van der Waals surface area contributed by atoms with Crippen LogP contribution >= 0.6 is 0 Å². The summed E-state index contributed by atoms with van der Waals surface area (Å²) in [5.41, 5.74) is 1.29. The van der Waals surface area contributed by atoms with Crippen LogP contribution in [0.4, 0.5) is 0 Å². The molecule has 1 N–H and O–H groups in total. The third-order valence-electron chi connectivity index (χ3n) is 4.83. The highest BCUT2D eigenvalue weighted by atomic mass is 16.6. The lowest BCUT2D eigenvalue weighted by atomic mass is 9.83. The number of ether oxygens (including phenoxy) is 2. The van der Waals surface area contributed by atoms with Crippen LogP contribution in [0.15, 0.2) is 18.2 Å². The molecule has 1 heterocycles. The Bertz CT molecular complexity index is 455. The smallest absolute Gasteiger partial charge is 0.161 e. The Kier molecular flexibility index (Phi) is 5.02. The zero-order valence-electron chi connectivity index (χ0n) is 13.1. The van der Waals surface area contributed by atoms with Gasteiger partial charge in [0.05, 0.1) is 0 Å². The summed E-state index contributed by atoms with van der Waals surface area (Å²) in [5, 5.41) is 3.77. The Hall–Kier alpha value is -1.22. The van der Waals surface area contributed by atoms with E-state index in [-0.39, 0.29) is 0 Å². The van der Waals surface area contributed by atoms with E-state index in [9.17, 15) is 0 Å². The van der Waals surface area contributed by atoms with Crippen LogP contribution < -0.4 is 14.8 Å². The summed E-state index contributed by atoms with van der Waals surface area (Å²) in [6.07, 6.45) is 8.25. The number of nitrogens with one attached hydrogen (secondary N) is 1. The summed E-state index contributed by atoms with van der Waals surface area (Å²) >= 11 is 0. The second-order valence-corrected chi connectivity index (χ2v) is 6.27. The molecule has 116 valence electrons. The van der Waals surface area contributed by atoms with Crippen LogP contribution in [0.3, 0.4) is 0 Å². The molecule has 1 aliphatic carbocycles. The zero-order chi connectivity index (χ0) is 14.5. The quantitative estimate of drug-likeness (QED) is 0.891. The molecular weight excluding hydrogens is 262 g/mol. The predicted molar refractivity (Wildman–Crippen MR) is 84.9 cm³/mol. The average Bonchev–Trinajstić information content (AvgIpc) is 2.56. The number of benzene rings is 1. The zero-order valence-corrected chi connectivity index (χ0v) is 13.1. The Morgan fingerprint density at radius 3 is 2.62 bits per heavy atom. The van der Waals surface area contributed by atoms with Gasteiger partial charge in [-0.25, -0.2) is 0 Å². The molecule has 1 fully saturated rings. The molecule has 3 heteroatoms. The van der Waals surface area contributed by atoms with Crippen molar-refractivity contribution in [3.8, 4) is 11.5 Å². The SMILES string of the molecule is CCC(NCc1ccc2c(c1)OCCO2)C1CCCCC1. The van der Waals surface area contributed by atoms with Crippen molar-refractivity contribution in [2.24, 2.45) is 5.92 Å². The molecule has 2 aliphatic rings. The van der Waals surface area contributed by atoms with Crippen molar-refractivity contribution in [2.75, 3.05) is 13.2 Å². The Balaban J connectivity index is 1.58. The molecule has 0 saturated heterocycles. The van der Waals surface area contributed by atoms with Crippen molar-refractivity contribution in [3.63, 3.8) is 0 Å². The van der Waals surface area contributed by atoms with Gasteiger partial charge in [0.1, 0.15) is 13.2 Å². The standard InChI is InChI=1S/C18H27NO2/c1-2-16(15-6-4-3-5-7-15)19-13-14-8-9-17-18(12-14)21-11-10-20-17/h8-9,12,15-16,19H,2-7,10-11,13H2,1H3. The van der Waals surface area contributed by atoms with Crippen LogP contribution in [-0.2, 0) is 6.54 Å². The third kappa shape index (κ3) is 3.70. The van der Waals surface area contributed by atoms with Gasteiger partial charge >= 0.3 is 0 Å². The second-order valence-electron chi connectivity index (χ2n) is 6.27. The fourth-order valence-corrected chi connectivity index (χ4v) is 3.63. The monoisotopic (exact) mass is 289 g/mol. The predicted octanol–water partition coefficient (Wildman–Crippen LogP) is 3.91. The van der Waals surface area contributed by atoms with E-state index in [4.69, 9.17) is 9.47 Å². The van der Waals surface area contributed by atoms with Crippen LogP contribution in [0.5, 0.6) is 11.5 Å². The number of hydrogen-bond acceptors (Lipinski definition) is 3. The van der Waals surface area contributed by atoms with E-state index in [0.717, 1.165) is 24.0 Å². The van der Waals surface area contributed by atoms with Gasteiger partial charge in [-0.05, 0) is 42.9 Å². The largest absolute Gasteiger partial charge is 0.486 e. The lowest BCUT2D eigenvalue weighted by Gasteiger charge is -2.30. The van der Waals surface area contributed by atoms with Gasteiger partial charge in [-0.2, -0.15) is 0 Å². The minimum Gasteiger partial charge on any atom is -0.486 e. The Labute approximate surface area is 128 Å². The van der Waals surface area contributed by atoms with E-state index in [0.29, 0.717) is 19.3 Å². The molecule has 3 rings (SSSR count). The van der Waals surface area contributed by atoms with Crippen molar-refractivity contribution in [2.45, 2.75) is 58.0 Å². The summed E-state index contributed by atoms with van der Waals surface area (Å²) in [7, 11) is 0. The van der Waals surface area contributed by atoms with Gasteiger partial charge < -0.3 is 14.8 Å². The van der Waals surface area contributed by atoms with Crippen LogP contribution in [0.1, 0.15) is 51.0 Å². The van der Waals surface area contributed by atoms with Gasteiger partial charge in [0.2, 0.25) is 0 Å². The highest BCUT2D eigenvalue weighted by molar-refractivity contribution is 5.43. The molecule has 0 radical (unpaired) electrons. The fourth-order valence-electron chi connectivity index (χ4n) is 3.63. The van der Waals surface area contributed by atoms with E-state index >= 15 is 0 Å². The van der Waals surface area contributed by atoms with Crippen molar-refractivity contribution in [1.82, 2.24) is 5.32 Å². The molecule has 0 bridgehead atoms. The minimum absolute atomic E-state index is 0.651. The third-order valence-corrected chi connectivity index (χ3v) is 4.83. The molecule has 0 amide bonds. The summed E-state index contributed by atoms with van der Waals surface area (Å²) in [6, 6.07) is 6.95. The topological polar surface area (TPSA) is 30.5 Å². The molecule has 3 nitrogen and oxygen atoms in total. The van der Waals surface area contributed by atoms with Gasteiger partial charge in [0.25, 0.3) is 0 Å². The molecule has 1 saturated carbocycles. The molecule has 1 unspecified atom stereocenters. The maximum atomic E-state index is 5.66. The second kappa shape index (κ2) is 7.17. The molecule has 1 aromatic rings. The van der Waals surface area contributed by atoms with Crippen LogP contribution in [0.25, 0.3) is 0 Å². The summed E-state index contributed by atoms with van der Waals surface area (Å²) in [5.74, 6) is 2.64. The molecule has 0 spiro atoms. The first-order chi connectivity index (χ1) is 10.4. The minimum atomic E-state index is 0.651. The van der Waals surface area contributed by atoms with Crippen molar-refractivity contribution in [3.05, 3.63) is 23.8 Å². The van der Waals surface area contributed by atoms with Gasteiger partial charge in [0.15, 0.2) is 11.5 Å². The fraction of sp³-hybridized carbons (Fsp3) is 0.667. The molecular formula is C18H27NO2. The van der Waals surface area contributed by atoms with E-state index in [1.807, 2.05) is 6.07 Å². The van der Waals surface area contributed by atoms with Crippen LogP contribution in [0, 0.1) is 5.92 Å². The summed E-state index contributed by atoms with van der Waals surface area (Å²) in [4.78, 5) is 0. The average molecular weight is 289 g/mol. The number of hydrogen-bond donors (Lipinski definition) is 1. The molecule has 21 heavy (non-hydrogen) atoms. The van der Waals surface area contributed by atoms with Crippen molar-refractivity contribution >= 4 is 0 Å². The lowest BCUT2D eigenvalue weighted by Crippen LogP contribution is -2.36. The highest BCUT2D eigenvalue weighted by Gasteiger charge is 2.22. The number of fused-ring (bicyclic) bond motifs is 1. The first-order valence-electron chi connectivity index (χ1n) is 8.48. The molecule has 1 atom stereocenters. The maximum Gasteiger partial charge on any atom is 0.161 e. The first-order valence-corrected chi connectivity index (χ1v) is 8.48. The van der Waals surface area contributed by atoms with E-state index in [1.165, 1.54) is 44.1 Å². The molecule has 1 aromatic carbocycles. The van der Waals surface area contributed by atoms with Gasteiger partial charge in [-0.1, -0.05) is 32.3 Å². The van der Waals surface area contributed by atoms with Crippen LogP contribution in [-0.4, -0.2) is 19.3 Å². The van der Waals surface area contributed by atoms with Gasteiger partial charge in [-0.3, -0.25) is 0 Å². The number of rotatable bonds is 5. The molecule has 0 aromatic heterocycles. The highest BCUT2D eigenvalue weighted by Crippen LogP contribution is 2.31. The van der Waals surface area contributed by atoms with Gasteiger partial charge in [0, 0.05) is 12.6 Å². The van der Waals surface area contributed by atoms with E-state index in [2.05, 4.69) is 24.4 Å². The normalized spacial score (nSPS) is 20.2. The summed E-state index contributed by atoms with van der Waals surface area (Å²) in [6.45, 7) is 4.54. The van der Waals surface area contributed by atoms with Crippen LogP contribution in [0.2, 0.25) is 0 Å². The van der Waals surface area contributed by atoms with E-state index < -0.39 is 0 Å². The van der Waals surface area contributed by atoms with Crippen molar-refractivity contribution in [1.29, 1.82) is 0 Å². The first kappa shape index (κ1) is 14.7. The van der Waals surface area contributed by atoms with E-state index in [1.54, 1.807) is 0 Å². The Morgan fingerprint density at radius 2 is 1.86 bits per heavy atom. The lowest BCUT2D eigenvalue weighted by molar-refractivity contribution is 0.171. The Morgan fingerprint density at radius 1 is 1.10 bits per heavy atom. The summed E-state index contributed by atoms with van der Waals surface area (Å²) < 4.78 is 11.2. The van der Waals surface area contributed by atoms with Crippen molar-refractivity contribution < 1.29 is 9.47 Å². The van der Waals surface area contributed by atoms with Gasteiger partial charge in [-0.15, -0.1) is 0 Å².